The summed E-state index contributed by atoms with van der Waals surface area (Å²) in [5.74, 6) is -0.858. The number of aliphatic hydroxyl groups excluding tert-OH is 1. The first-order valence-electron chi connectivity index (χ1n) is 6.35. The SMILES string of the molecule is O=C(O)c1coc(C(=O)N2CC3CCC(O)C3C2)c1. The molecule has 6 nitrogen and oxygen atoms in total. The number of rotatable bonds is 2. The van der Waals surface area contributed by atoms with Crippen LogP contribution in [0.1, 0.15) is 33.8 Å². The van der Waals surface area contributed by atoms with Gasteiger partial charge in [-0.2, -0.15) is 0 Å². The van der Waals surface area contributed by atoms with Crippen molar-refractivity contribution in [3.8, 4) is 0 Å². The molecule has 2 heterocycles. The van der Waals surface area contributed by atoms with Crippen molar-refractivity contribution in [2.45, 2.75) is 18.9 Å². The Balaban J connectivity index is 1.73. The standard InChI is InChI=1S/C13H15NO5/c15-10-2-1-7-4-14(5-9(7)10)12(16)11-3-8(6-19-11)13(17)18/h3,6-7,9-10,15H,1-2,4-5H2,(H,17,18). The molecular formula is C13H15NO5. The second-order valence-corrected chi connectivity index (χ2v) is 5.28. The topological polar surface area (TPSA) is 91.0 Å². The molecule has 0 radical (unpaired) electrons. The minimum Gasteiger partial charge on any atom is -0.478 e. The van der Waals surface area contributed by atoms with Crippen LogP contribution in [0.5, 0.6) is 0 Å². The normalized spacial score (nSPS) is 29.5. The molecule has 2 fully saturated rings. The number of hydrogen-bond donors (Lipinski definition) is 2. The molecule has 19 heavy (non-hydrogen) atoms. The van der Waals surface area contributed by atoms with E-state index in [0.29, 0.717) is 19.0 Å². The summed E-state index contributed by atoms with van der Waals surface area (Å²) in [6.45, 7) is 1.14. The zero-order chi connectivity index (χ0) is 13.6. The number of aliphatic hydroxyl groups is 1. The quantitative estimate of drug-likeness (QED) is 0.826. The van der Waals surface area contributed by atoms with Gasteiger partial charge in [0.2, 0.25) is 0 Å². The van der Waals surface area contributed by atoms with Gasteiger partial charge in [-0.15, -0.1) is 0 Å². The van der Waals surface area contributed by atoms with E-state index in [1.165, 1.54) is 6.07 Å². The van der Waals surface area contributed by atoms with Crippen molar-refractivity contribution < 1.29 is 24.2 Å². The van der Waals surface area contributed by atoms with Crippen molar-refractivity contribution in [3.05, 3.63) is 23.7 Å². The predicted molar refractivity (Wildman–Crippen MR) is 63.8 cm³/mol. The number of amides is 1. The summed E-state index contributed by atoms with van der Waals surface area (Å²) in [5.41, 5.74) is -0.0252. The largest absolute Gasteiger partial charge is 0.478 e. The van der Waals surface area contributed by atoms with Gasteiger partial charge in [0.15, 0.2) is 5.76 Å². The molecule has 6 heteroatoms. The summed E-state index contributed by atoms with van der Waals surface area (Å²) in [5, 5.41) is 18.6. The van der Waals surface area contributed by atoms with Crippen molar-refractivity contribution in [2.24, 2.45) is 11.8 Å². The highest BCUT2D eigenvalue weighted by Gasteiger charge is 2.43. The van der Waals surface area contributed by atoms with Gasteiger partial charge >= 0.3 is 5.97 Å². The third-order valence-corrected chi connectivity index (χ3v) is 4.16. The van der Waals surface area contributed by atoms with E-state index >= 15 is 0 Å². The van der Waals surface area contributed by atoms with Gasteiger partial charge in [-0.25, -0.2) is 4.79 Å². The first kappa shape index (κ1) is 12.2. The molecule has 1 saturated heterocycles. The van der Waals surface area contributed by atoms with Gasteiger partial charge in [0, 0.05) is 25.1 Å². The van der Waals surface area contributed by atoms with Crippen LogP contribution in [0.4, 0.5) is 0 Å². The molecule has 0 bridgehead atoms. The van der Waals surface area contributed by atoms with Crippen LogP contribution in [0.2, 0.25) is 0 Å². The van der Waals surface area contributed by atoms with Crippen molar-refractivity contribution in [3.63, 3.8) is 0 Å². The first-order chi connectivity index (χ1) is 9.06. The van der Waals surface area contributed by atoms with Crippen molar-refractivity contribution in [1.29, 1.82) is 0 Å². The van der Waals surface area contributed by atoms with Crippen LogP contribution in [-0.2, 0) is 0 Å². The van der Waals surface area contributed by atoms with Crippen molar-refractivity contribution >= 4 is 11.9 Å². The lowest BCUT2D eigenvalue weighted by atomic mass is 10.00. The highest BCUT2D eigenvalue weighted by Crippen LogP contribution is 2.38. The summed E-state index contributed by atoms with van der Waals surface area (Å²) in [4.78, 5) is 24.6. The molecule has 0 spiro atoms. The average Bonchev–Trinajstić information content (AvgIpc) is 3.05. The number of carbonyl (C=O) groups excluding carboxylic acids is 1. The number of carbonyl (C=O) groups is 2. The molecule has 1 saturated carbocycles. The molecule has 3 atom stereocenters. The molecule has 1 amide bonds. The molecule has 2 aliphatic rings. The minimum atomic E-state index is -1.11. The van der Waals surface area contributed by atoms with E-state index in [1.807, 2.05) is 0 Å². The van der Waals surface area contributed by atoms with E-state index in [4.69, 9.17) is 9.52 Å². The van der Waals surface area contributed by atoms with Crippen molar-refractivity contribution in [2.75, 3.05) is 13.1 Å². The number of nitrogens with zero attached hydrogens (tertiary/aromatic N) is 1. The minimum absolute atomic E-state index is 0.0252. The highest BCUT2D eigenvalue weighted by atomic mass is 16.4. The number of aromatic carboxylic acids is 1. The van der Waals surface area contributed by atoms with Crippen LogP contribution in [0.15, 0.2) is 16.7 Å². The molecular weight excluding hydrogens is 250 g/mol. The predicted octanol–water partition coefficient (Wildman–Crippen LogP) is 0.821. The van der Waals surface area contributed by atoms with Gasteiger partial charge < -0.3 is 19.5 Å². The van der Waals surface area contributed by atoms with Crippen LogP contribution >= 0.6 is 0 Å². The van der Waals surface area contributed by atoms with Crippen LogP contribution in [0.3, 0.4) is 0 Å². The number of fused-ring (bicyclic) bond motifs is 1. The summed E-state index contributed by atoms with van der Waals surface area (Å²) in [7, 11) is 0. The molecule has 0 aromatic carbocycles. The Hall–Kier alpha value is -1.82. The fourth-order valence-electron chi connectivity index (χ4n) is 3.12. The number of hydrogen-bond acceptors (Lipinski definition) is 4. The summed E-state index contributed by atoms with van der Waals surface area (Å²) < 4.78 is 5.01. The first-order valence-corrected chi connectivity index (χ1v) is 6.35. The maximum Gasteiger partial charge on any atom is 0.338 e. The lowest BCUT2D eigenvalue weighted by Crippen LogP contribution is -2.30. The fourth-order valence-corrected chi connectivity index (χ4v) is 3.12. The molecule has 3 unspecified atom stereocenters. The van der Waals surface area contributed by atoms with Crippen LogP contribution in [-0.4, -0.2) is 46.2 Å². The summed E-state index contributed by atoms with van der Waals surface area (Å²) in [6, 6.07) is 1.25. The molecule has 1 aliphatic heterocycles. The van der Waals surface area contributed by atoms with E-state index < -0.39 is 5.97 Å². The zero-order valence-electron chi connectivity index (χ0n) is 10.3. The molecule has 3 rings (SSSR count). The Bertz CT molecular complexity index is 523. The van der Waals surface area contributed by atoms with Crippen LogP contribution < -0.4 is 0 Å². The molecule has 102 valence electrons. The highest BCUT2D eigenvalue weighted by molar-refractivity contribution is 5.95. The zero-order valence-corrected chi connectivity index (χ0v) is 10.3. The Labute approximate surface area is 109 Å². The van der Waals surface area contributed by atoms with Crippen LogP contribution in [0.25, 0.3) is 0 Å². The van der Waals surface area contributed by atoms with E-state index in [0.717, 1.165) is 19.1 Å². The Kier molecular flexibility index (Phi) is 2.82. The second-order valence-electron chi connectivity index (χ2n) is 5.28. The van der Waals surface area contributed by atoms with E-state index in [9.17, 15) is 14.7 Å². The number of likely N-dealkylation sites (tertiary alicyclic amines) is 1. The lowest BCUT2D eigenvalue weighted by molar-refractivity contribution is 0.0693. The number of carboxylic acids is 1. The van der Waals surface area contributed by atoms with Gasteiger partial charge in [-0.1, -0.05) is 0 Å². The Morgan fingerprint density at radius 1 is 1.32 bits per heavy atom. The second kappa shape index (κ2) is 4.38. The molecule has 1 aliphatic carbocycles. The third-order valence-electron chi connectivity index (χ3n) is 4.16. The smallest absolute Gasteiger partial charge is 0.338 e. The monoisotopic (exact) mass is 265 g/mol. The number of carboxylic acid groups (broad SMARTS) is 1. The molecule has 1 aromatic rings. The fraction of sp³-hybridized carbons (Fsp3) is 0.538. The summed E-state index contributed by atoms with van der Waals surface area (Å²) >= 11 is 0. The Morgan fingerprint density at radius 3 is 2.74 bits per heavy atom. The molecule has 2 N–H and O–H groups in total. The van der Waals surface area contributed by atoms with E-state index in [-0.39, 0.29) is 29.3 Å². The van der Waals surface area contributed by atoms with Gasteiger partial charge in [0.05, 0.1) is 11.7 Å². The van der Waals surface area contributed by atoms with Crippen molar-refractivity contribution in [1.82, 2.24) is 4.90 Å². The third kappa shape index (κ3) is 2.02. The van der Waals surface area contributed by atoms with Gasteiger partial charge in [-0.05, 0) is 18.8 Å². The molecule has 1 aromatic heterocycles. The van der Waals surface area contributed by atoms with Gasteiger partial charge in [-0.3, -0.25) is 4.79 Å². The Morgan fingerprint density at radius 2 is 2.11 bits per heavy atom. The lowest BCUT2D eigenvalue weighted by Gasteiger charge is -2.16. The summed E-state index contributed by atoms with van der Waals surface area (Å²) in [6.07, 6.45) is 2.49. The van der Waals surface area contributed by atoms with E-state index in [2.05, 4.69) is 0 Å². The van der Waals surface area contributed by atoms with E-state index in [1.54, 1.807) is 4.90 Å². The van der Waals surface area contributed by atoms with Gasteiger partial charge in [0.25, 0.3) is 5.91 Å². The maximum absolute atomic E-state index is 12.2. The van der Waals surface area contributed by atoms with Gasteiger partial charge in [0.1, 0.15) is 6.26 Å². The maximum atomic E-state index is 12.2. The number of furan rings is 1. The average molecular weight is 265 g/mol. The van der Waals surface area contributed by atoms with Crippen LogP contribution in [0, 0.1) is 11.8 Å².